The number of fused-ring (bicyclic) bond motifs is 2. The molecular weight excluding hydrogens is 342 g/mol. The van der Waals surface area contributed by atoms with Crippen LogP contribution in [0.5, 0.6) is 5.75 Å². The van der Waals surface area contributed by atoms with E-state index in [1.807, 2.05) is 30.3 Å². The number of Topliss-reactive ketones (excluding diaryl/α,β-unsaturated/α-hetero) is 1. The number of nitrogens with zero attached hydrogens (tertiary/aromatic N) is 1. The first kappa shape index (κ1) is 17.0. The Morgan fingerprint density at radius 2 is 1.67 bits per heavy atom. The fraction of sp³-hybridized carbons (Fsp3) is 0.136. The van der Waals surface area contributed by atoms with Crippen LogP contribution < -0.4 is 4.74 Å². The van der Waals surface area contributed by atoms with Gasteiger partial charge in [0.25, 0.3) is 11.8 Å². The molecule has 1 unspecified atom stereocenters. The maximum Gasteiger partial charge on any atom is 0.270 e. The predicted molar refractivity (Wildman–Crippen MR) is 101 cm³/mol. The van der Waals surface area contributed by atoms with Gasteiger partial charge in [0.05, 0.1) is 12.1 Å². The standard InChI is InChI=1S/C22H17NO4/c1-14-21(25)23(22(26)18-8-4-5-9-20(18)27-14)13-19(24)17-11-10-15-6-2-3-7-16(15)12-17/h2-12,14H,13H2,1H3. The summed E-state index contributed by atoms with van der Waals surface area (Å²) >= 11 is 0. The highest BCUT2D eigenvalue weighted by molar-refractivity contribution is 6.12. The Bertz CT molecular complexity index is 1070. The van der Waals surface area contributed by atoms with Gasteiger partial charge in [-0.1, -0.05) is 48.5 Å². The molecule has 0 fully saturated rings. The number of carbonyl (C=O) groups excluding carboxylic acids is 3. The monoisotopic (exact) mass is 359 g/mol. The van der Waals surface area contributed by atoms with Crippen LogP contribution in [0.3, 0.4) is 0 Å². The lowest BCUT2D eigenvalue weighted by Gasteiger charge is -2.19. The third-order valence-corrected chi connectivity index (χ3v) is 4.65. The van der Waals surface area contributed by atoms with Crippen LogP contribution in [-0.2, 0) is 4.79 Å². The molecular formula is C22H17NO4. The number of carbonyl (C=O) groups is 3. The van der Waals surface area contributed by atoms with Gasteiger partial charge in [0.2, 0.25) is 0 Å². The molecule has 0 N–H and O–H groups in total. The van der Waals surface area contributed by atoms with E-state index >= 15 is 0 Å². The highest BCUT2D eigenvalue weighted by atomic mass is 16.5. The van der Waals surface area contributed by atoms with Crippen LogP contribution in [0.25, 0.3) is 10.8 Å². The van der Waals surface area contributed by atoms with Gasteiger partial charge in [-0.2, -0.15) is 0 Å². The lowest BCUT2D eigenvalue weighted by atomic mass is 10.0. The summed E-state index contributed by atoms with van der Waals surface area (Å²) in [6.45, 7) is 1.25. The summed E-state index contributed by atoms with van der Waals surface area (Å²) in [5.74, 6) is -0.988. The molecule has 1 aliphatic heterocycles. The Morgan fingerprint density at radius 1 is 0.963 bits per heavy atom. The smallest absolute Gasteiger partial charge is 0.270 e. The van der Waals surface area contributed by atoms with E-state index in [1.54, 1.807) is 43.3 Å². The van der Waals surface area contributed by atoms with E-state index in [0.717, 1.165) is 15.7 Å². The topological polar surface area (TPSA) is 63.7 Å². The SMILES string of the molecule is CC1Oc2ccccc2C(=O)N(CC(=O)c2ccc3ccccc3c2)C1=O. The molecule has 3 aromatic carbocycles. The van der Waals surface area contributed by atoms with Crippen molar-refractivity contribution in [2.75, 3.05) is 6.54 Å². The van der Waals surface area contributed by atoms with Gasteiger partial charge in [0.15, 0.2) is 11.9 Å². The largest absolute Gasteiger partial charge is 0.480 e. The number of hydrogen-bond donors (Lipinski definition) is 0. The fourth-order valence-corrected chi connectivity index (χ4v) is 3.20. The number of amides is 2. The summed E-state index contributed by atoms with van der Waals surface area (Å²) in [4.78, 5) is 39.2. The molecule has 1 heterocycles. The zero-order valence-corrected chi connectivity index (χ0v) is 14.7. The van der Waals surface area contributed by atoms with E-state index in [9.17, 15) is 14.4 Å². The average molecular weight is 359 g/mol. The molecule has 134 valence electrons. The number of ketones is 1. The first-order chi connectivity index (χ1) is 13.0. The summed E-state index contributed by atoms with van der Waals surface area (Å²) in [7, 11) is 0. The number of para-hydroxylation sites is 1. The Kier molecular flexibility index (Phi) is 4.20. The first-order valence-corrected chi connectivity index (χ1v) is 8.68. The first-order valence-electron chi connectivity index (χ1n) is 8.68. The zero-order valence-electron chi connectivity index (χ0n) is 14.7. The maximum absolute atomic E-state index is 12.8. The second-order valence-corrected chi connectivity index (χ2v) is 6.47. The molecule has 5 heteroatoms. The van der Waals surface area contributed by atoms with E-state index in [1.165, 1.54) is 0 Å². The highest BCUT2D eigenvalue weighted by Gasteiger charge is 2.35. The molecule has 0 aliphatic carbocycles. The van der Waals surface area contributed by atoms with E-state index in [-0.39, 0.29) is 17.9 Å². The van der Waals surface area contributed by atoms with Crippen molar-refractivity contribution in [1.82, 2.24) is 4.90 Å². The van der Waals surface area contributed by atoms with Crippen LogP contribution in [0.15, 0.2) is 66.7 Å². The minimum Gasteiger partial charge on any atom is -0.480 e. The summed E-state index contributed by atoms with van der Waals surface area (Å²) in [6, 6.07) is 19.7. The van der Waals surface area contributed by atoms with Crippen LogP contribution in [0.4, 0.5) is 0 Å². The van der Waals surface area contributed by atoms with Gasteiger partial charge < -0.3 is 4.74 Å². The van der Waals surface area contributed by atoms with Crippen LogP contribution in [0.2, 0.25) is 0 Å². The van der Waals surface area contributed by atoms with Crippen molar-refractivity contribution < 1.29 is 19.1 Å². The molecule has 0 spiro atoms. The number of hydrogen-bond acceptors (Lipinski definition) is 4. The number of benzene rings is 3. The van der Waals surface area contributed by atoms with E-state index in [4.69, 9.17) is 4.74 Å². The molecule has 0 radical (unpaired) electrons. The summed E-state index contributed by atoms with van der Waals surface area (Å²) in [5.41, 5.74) is 0.738. The Balaban J connectivity index is 1.66. The molecule has 2 amide bonds. The van der Waals surface area contributed by atoms with E-state index < -0.39 is 17.9 Å². The molecule has 0 aromatic heterocycles. The van der Waals surface area contributed by atoms with Crippen LogP contribution in [0.1, 0.15) is 27.6 Å². The molecule has 27 heavy (non-hydrogen) atoms. The van der Waals surface area contributed by atoms with Gasteiger partial charge in [-0.3, -0.25) is 19.3 Å². The lowest BCUT2D eigenvalue weighted by molar-refractivity contribution is -0.134. The third kappa shape index (κ3) is 3.08. The van der Waals surface area contributed by atoms with Gasteiger partial charge in [-0.25, -0.2) is 0 Å². The Hall–Kier alpha value is -3.47. The number of rotatable bonds is 3. The molecule has 3 aromatic rings. The van der Waals surface area contributed by atoms with Gasteiger partial charge in [-0.15, -0.1) is 0 Å². The van der Waals surface area contributed by atoms with Crippen molar-refractivity contribution in [3.8, 4) is 5.75 Å². The maximum atomic E-state index is 12.8. The minimum atomic E-state index is -0.845. The molecule has 1 atom stereocenters. The van der Waals surface area contributed by atoms with Gasteiger partial charge >= 0.3 is 0 Å². The molecule has 0 bridgehead atoms. The van der Waals surface area contributed by atoms with Crippen molar-refractivity contribution in [1.29, 1.82) is 0 Å². The number of ether oxygens (including phenoxy) is 1. The molecule has 1 aliphatic rings. The quantitative estimate of drug-likeness (QED) is 0.531. The van der Waals surface area contributed by atoms with E-state index in [0.29, 0.717) is 11.3 Å². The zero-order chi connectivity index (χ0) is 19.0. The Morgan fingerprint density at radius 3 is 2.48 bits per heavy atom. The predicted octanol–water partition coefficient (Wildman–Crippen LogP) is 3.47. The van der Waals surface area contributed by atoms with Gasteiger partial charge in [-0.05, 0) is 35.9 Å². The van der Waals surface area contributed by atoms with Crippen LogP contribution >= 0.6 is 0 Å². The summed E-state index contributed by atoms with van der Waals surface area (Å²) < 4.78 is 5.59. The van der Waals surface area contributed by atoms with Gasteiger partial charge in [0, 0.05) is 5.56 Å². The normalized spacial score (nSPS) is 16.6. The van der Waals surface area contributed by atoms with Crippen molar-refractivity contribution in [3.63, 3.8) is 0 Å². The molecule has 0 saturated carbocycles. The number of imide groups is 1. The average Bonchev–Trinajstić information content (AvgIpc) is 2.78. The van der Waals surface area contributed by atoms with Crippen molar-refractivity contribution in [3.05, 3.63) is 77.9 Å². The fourth-order valence-electron chi connectivity index (χ4n) is 3.20. The lowest BCUT2D eigenvalue weighted by Crippen LogP contribution is -2.44. The summed E-state index contributed by atoms with van der Waals surface area (Å²) in [5, 5.41) is 1.95. The van der Waals surface area contributed by atoms with Crippen molar-refractivity contribution >= 4 is 28.4 Å². The van der Waals surface area contributed by atoms with Crippen molar-refractivity contribution in [2.45, 2.75) is 13.0 Å². The van der Waals surface area contributed by atoms with Crippen LogP contribution in [0, 0.1) is 0 Å². The third-order valence-electron chi connectivity index (χ3n) is 4.65. The molecule has 5 nitrogen and oxygen atoms in total. The Labute approximate surface area is 156 Å². The van der Waals surface area contributed by atoms with Gasteiger partial charge in [0.1, 0.15) is 5.75 Å². The second-order valence-electron chi connectivity index (χ2n) is 6.47. The minimum absolute atomic E-state index is 0.279. The molecule has 0 saturated heterocycles. The summed E-state index contributed by atoms with van der Waals surface area (Å²) in [6.07, 6.45) is -0.845. The van der Waals surface area contributed by atoms with Crippen LogP contribution in [-0.4, -0.2) is 35.1 Å². The molecule has 4 rings (SSSR count). The highest BCUT2D eigenvalue weighted by Crippen LogP contribution is 2.26. The second kappa shape index (κ2) is 6.68. The van der Waals surface area contributed by atoms with Crippen molar-refractivity contribution in [2.24, 2.45) is 0 Å². The van der Waals surface area contributed by atoms with E-state index in [2.05, 4.69) is 0 Å².